The highest BCUT2D eigenvalue weighted by atomic mass is 16.1. The maximum absolute atomic E-state index is 11.7. The van der Waals surface area contributed by atoms with Gasteiger partial charge in [-0.15, -0.1) is 0 Å². The maximum atomic E-state index is 11.7. The number of hydrogen-bond acceptors (Lipinski definition) is 2. The van der Waals surface area contributed by atoms with Crippen LogP contribution in [0.25, 0.3) is 0 Å². The van der Waals surface area contributed by atoms with Gasteiger partial charge in [-0.05, 0) is 30.7 Å². The number of rotatable bonds is 8. The molecule has 0 aromatic carbocycles. The number of nitrogens with one attached hydrogen (secondary N) is 1. The summed E-state index contributed by atoms with van der Waals surface area (Å²) in [6.45, 7) is 6.85. The molecule has 1 unspecified atom stereocenters. The van der Waals surface area contributed by atoms with Gasteiger partial charge < -0.3 is 14.5 Å². The minimum atomic E-state index is 0.0568. The standard InChI is InChI=1S/C17H25N3O/c1-3-7-16(18-4-2)15-9-11-19(14-15)12-13-20-10-6-5-8-17(20)21/h5-6,8-11,14,16,18H,3-4,7,12-13H2,1-2H3. The first-order valence-electron chi connectivity index (χ1n) is 7.79. The Balaban J connectivity index is 1.99. The third kappa shape index (κ3) is 4.33. The van der Waals surface area contributed by atoms with E-state index in [0.717, 1.165) is 19.5 Å². The molecule has 2 aromatic heterocycles. The molecule has 2 rings (SSSR count). The summed E-state index contributed by atoms with van der Waals surface area (Å²) in [5.74, 6) is 0. The molecular formula is C17H25N3O. The van der Waals surface area contributed by atoms with Gasteiger partial charge in [0.15, 0.2) is 0 Å². The van der Waals surface area contributed by atoms with E-state index in [-0.39, 0.29) is 5.56 Å². The molecule has 2 heterocycles. The van der Waals surface area contributed by atoms with E-state index in [4.69, 9.17) is 0 Å². The van der Waals surface area contributed by atoms with Crippen molar-refractivity contribution in [1.29, 1.82) is 0 Å². The predicted octanol–water partition coefficient (Wildman–Crippen LogP) is 2.80. The Morgan fingerprint density at radius 1 is 1.14 bits per heavy atom. The van der Waals surface area contributed by atoms with E-state index in [2.05, 4.69) is 42.2 Å². The molecular weight excluding hydrogens is 262 g/mol. The van der Waals surface area contributed by atoms with Crippen LogP contribution in [0.5, 0.6) is 0 Å². The van der Waals surface area contributed by atoms with E-state index in [1.807, 2.05) is 12.3 Å². The van der Waals surface area contributed by atoms with Gasteiger partial charge in [-0.25, -0.2) is 0 Å². The SMILES string of the molecule is CCCC(NCC)c1ccn(CCn2ccccc2=O)c1. The van der Waals surface area contributed by atoms with Gasteiger partial charge in [0.2, 0.25) is 0 Å². The largest absolute Gasteiger partial charge is 0.352 e. The fourth-order valence-electron chi connectivity index (χ4n) is 2.59. The number of pyridine rings is 1. The van der Waals surface area contributed by atoms with Gasteiger partial charge in [0, 0.05) is 43.8 Å². The van der Waals surface area contributed by atoms with Crippen molar-refractivity contribution in [2.24, 2.45) is 0 Å². The van der Waals surface area contributed by atoms with E-state index in [9.17, 15) is 4.79 Å². The van der Waals surface area contributed by atoms with Crippen LogP contribution >= 0.6 is 0 Å². The Kier molecular flexibility index (Phi) is 5.81. The Labute approximate surface area is 126 Å². The number of nitrogens with zero attached hydrogens (tertiary/aromatic N) is 2. The third-order valence-corrected chi connectivity index (χ3v) is 3.70. The lowest BCUT2D eigenvalue weighted by Crippen LogP contribution is -2.21. The first-order valence-corrected chi connectivity index (χ1v) is 7.79. The molecule has 4 nitrogen and oxygen atoms in total. The summed E-state index contributed by atoms with van der Waals surface area (Å²) in [6.07, 6.45) is 8.45. The van der Waals surface area contributed by atoms with Gasteiger partial charge in [-0.3, -0.25) is 4.79 Å². The molecule has 0 amide bonds. The van der Waals surface area contributed by atoms with Crippen LogP contribution in [0.2, 0.25) is 0 Å². The first-order chi connectivity index (χ1) is 10.2. The van der Waals surface area contributed by atoms with Crippen LogP contribution in [-0.4, -0.2) is 15.7 Å². The Morgan fingerprint density at radius 3 is 2.71 bits per heavy atom. The normalized spacial score (nSPS) is 12.5. The lowest BCUT2D eigenvalue weighted by Gasteiger charge is -2.15. The minimum Gasteiger partial charge on any atom is -0.352 e. The highest BCUT2D eigenvalue weighted by Crippen LogP contribution is 2.18. The van der Waals surface area contributed by atoms with E-state index in [0.29, 0.717) is 12.6 Å². The van der Waals surface area contributed by atoms with Crippen molar-refractivity contribution in [3.8, 4) is 0 Å². The van der Waals surface area contributed by atoms with Crippen molar-refractivity contribution in [2.45, 2.75) is 45.8 Å². The smallest absolute Gasteiger partial charge is 0.250 e. The van der Waals surface area contributed by atoms with Gasteiger partial charge >= 0.3 is 0 Å². The van der Waals surface area contributed by atoms with Crippen molar-refractivity contribution in [1.82, 2.24) is 14.5 Å². The quantitative estimate of drug-likeness (QED) is 0.811. The Bertz CT molecular complexity index is 594. The van der Waals surface area contributed by atoms with Crippen LogP contribution in [0.15, 0.2) is 47.7 Å². The lowest BCUT2D eigenvalue weighted by atomic mass is 10.1. The van der Waals surface area contributed by atoms with Crippen LogP contribution < -0.4 is 10.9 Å². The summed E-state index contributed by atoms with van der Waals surface area (Å²) in [7, 11) is 0. The molecule has 1 N–H and O–H groups in total. The van der Waals surface area contributed by atoms with Gasteiger partial charge in [0.1, 0.15) is 0 Å². The molecule has 0 aliphatic rings. The first kappa shape index (κ1) is 15.6. The molecule has 21 heavy (non-hydrogen) atoms. The second-order valence-corrected chi connectivity index (χ2v) is 5.31. The van der Waals surface area contributed by atoms with Crippen LogP contribution in [0.4, 0.5) is 0 Å². The molecule has 114 valence electrons. The molecule has 0 fully saturated rings. The molecule has 0 aliphatic heterocycles. The fraction of sp³-hybridized carbons (Fsp3) is 0.471. The lowest BCUT2D eigenvalue weighted by molar-refractivity contribution is 0.506. The zero-order valence-corrected chi connectivity index (χ0v) is 13.0. The monoisotopic (exact) mass is 287 g/mol. The molecule has 0 saturated carbocycles. The van der Waals surface area contributed by atoms with Crippen molar-refractivity contribution in [3.05, 3.63) is 58.8 Å². The Morgan fingerprint density at radius 2 is 2.00 bits per heavy atom. The molecule has 0 bridgehead atoms. The highest BCUT2D eigenvalue weighted by molar-refractivity contribution is 5.15. The minimum absolute atomic E-state index is 0.0568. The molecule has 0 spiro atoms. The van der Waals surface area contributed by atoms with E-state index in [1.54, 1.807) is 16.7 Å². The van der Waals surface area contributed by atoms with Crippen molar-refractivity contribution >= 4 is 0 Å². The van der Waals surface area contributed by atoms with Crippen LogP contribution in [0.3, 0.4) is 0 Å². The molecule has 1 atom stereocenters. The topological polar surface area (TPSA) is 39.0 Å². The fourth-order valence-corrected chi connectivity index (χ4v) is 2.59. The van der Waals surface area contributed by atoms with E-state index < -0.39 is 0 Å². The average molecular weight is 287 g/mol. The molecule has 4 heteroatoms. The number of hydrogen-bond donors (Lipinski definition) is 1. The van der Waals surface area contributed by atoms with Gasteiger partial charge in [0.25, 0.3) is 5.56 Å². The molecule has 0 saturated heterocycles. The van der Waals surface area contributed by atoms with Crippen molar-refractivity contribution in [3.63, 3.8) is 0 Å². The number of aryl methyl sites for hydroxylation is 2. The van der Waals surface area contributed by atoms with E-state index >= 15 is 0 Å². The summed E-state index contributed by atoms with van der Waals surface area (Å²) in [5, 5.41) is 3.53. The van der Waals surface area contributed by atoms with Crippen LogP contribution in [0, 0.1) is 0 Å². The van der Waals surface area contributed by atoms with Gasteiger partial charge in [-0.1, -0.05) is 26.3 Å². The Hall–Kier alpha value is -1.81. The maximum Gasteiger partial charge on any atom is 0.250 e. The van der Waals surface area contributed by atoms with Crippen molar-refractivity contribution < 1.29 is 0 Å². The summed E-state index contributed by atoms with van der Waals surface area (Å²) < 4.78 is 3.91. The summed E-state index contributed by atoms with van der Waals surface area (Å²) in [5.41, 5.74) is 1.39. The van der Waals surface area contributed by atoms with E-state index in [1.165, 1.54) is 12.0 Å². The highest BCUT2D eigenvalue weighted by Gasteiger charge is 2.10. The number of aromatic nitrogens is 2. The molecule has 0 aliphatic carbocycles. The van der Waals surface area contributed by atoms with Crippen LogP contribution in [0.1, 0.15) is 38.3 Å². The van der Waals surface area contributed by atoms with Gasteiger partial charge in [-0.2, -0.15) is 0 Å². The molecule has 2 aromatic rings. The second kappa shape index (κ2) is 7.84. The van der Waals surface area contributed by atoms with Crippen LogP contribution in [-0.2, 0) is 13.1 Å². The summed E-state index contributed by atoms with van der Waals surface area (Å²) in [6, 6.07) is 7.88. The summed E-state index contributed by atoms with van der Waals surface area (Å²) >= 11 is 0. The second-order valence-electron chi connectivity index (χ2n) is 5.31. The third-order valence-electron chi connectivity index (χ3n) is 3.70. The average Bonchev–Trinajstić information content (AvgIpc) is 2.95. The molecule has 0 radical (unpaired) electrons. The summed E-state index contributed by atoms with van der Waals surface area (Å²) in [4.78, 5) is 11.7. The zero-order chi connectivity index (χ0) is 15.1. The van der Waals surface area contributed by atoms with Gasteiger partial charge in [0.05, 0.1) is 0 Å². The van der Waals surface area contributed by atoms with Crippen molar-refractivity contribution in [2.75, 3.05) is 6.54 Å². The predicted molar refractivity (Wildman–Crippen MR) is 86.5 cm³/mol. The zero-order valence-electron chi connectivity index (χ0n) is 13.0.